The number of ether oxygens (including phenoxy) is 2. The number of guanidine groups is 1. The largest absolute Gasteiger partial charge is 0.382 e. The Morgan fingerprint density at radius 3 is 2.58 bits per heavy atom. The number of hydrogen-bond donors (Lipinski definition) is 2. The van der Waals surface area contributed by atoms with E-state index >= 15 is 0 Å². The topological polar surface area (TPSA) is 80.9 Å². The van der Waals surface area contributed by atoms with E-state index in [0.717, 1.165) is 36.9 Å². The third kappa shape index (κ3) is 8.29. The monoisotopic (exact) mass is 454 g/mol. The first-order chi connectivity index (χ1) is 11.1. The number of rotatable bonds is 10. The normalized spacial score (nSPS) is 12.6. The molecule has 0 saturated heterocycles. The average Bonchev–Trinajstić information content (AvgIpc) is 2.88. The van der Waals surface area contributed by atoms with Crippen LogP contribution in [0.1, 0.15) is 36.3 Å². The lowest BCUT2D eigenvalue weighted by molar-refractivity contribution is 0.0698. The molecule has 0 radical (unpaired) electrons. The van der Waals surface area contributed by atoms with Crippen LogP contribution in [0, 0.1) is 13.8 Å². The van der Waals surface area contributed by atoms with E-state index in [9.17, 15) is 0 Å². The van der Waals surface area contributed by atoms with E-state index in [2.05, 4.69) is 27.7 Å². The Hall–Kier alpha value is -0.870. The van der Waals surface area contributed by atoms with E-state index in [-0.39, 0.29) is 24.0 Å². The molecule has 0 amide bonds. The minimum Gasteiger partial charge on any atom is -0.382 e. The summed E-state index contributed by atoms with van der Waals surface area (Å²) >= 11 is 0. The fourth-order valence-electron chi connectivity index (χ4n) is 2.39. The van der Waals surface area contributed by atoms with Gasteiger partial charge in [-0.15, -0.1) is 24.0 Å². The lowest BCUT2D eigenvalue weighted by Gasteiger charge is -2.16. The third-order valence-electron chi connectivity index (χ3n) is 3.57. The van der Waals surface area contributed by atoms with Gasteiger partial charge in [-0.1, -0.05) is 12.1 Å². The van der Waals surface area contributed by atoms with Gasteiger partial charge in [-0.2, -0.15) is 0 Å². The van der Waals surface area contributed by atoms with Gasteiger partial charge in [0.15, 0.2) is 5.96 Å². The number of halogens is 1. The highest BCUT2D eigenvalue weighted by Crippen LogP contribution is 2.22. The molecular weight excluding hydrogens is 423 g/mol. The summed E-state index contributed by atoms with van der Waals surface area (Å²) in [5.41, 5.74) is 2.12. The van der Waals surface area contributed by atoms with Gasteiger partial charge < -0.3 is 24.6 Å². The summed E-state index contributed by atoms with van der Waals surface area (Å²) in [6.07, 6.45) is 0.920. The minimum absolute atomic E-state index is 0. The fraction of sp³-hybridized carbons (Fsp3) is 0.750. The van der Waals surface area contributed by atoms with E-state index in [1.54, 1.807) is 14.2 Å². The lowest BCUT2D eigenvalue weighted by Crippen LogP contribution is -2.39. The molecule has 0 saturated carbocycles. The molecule has 0 aliphatic rings. The van der Waals surface area contributed by atoms with Crippen LogP contribution >= 0.6 is 24.0 Å². The molecule has 7 nitrogen and oxygen atoms in total. The van der Waals surface area contributed by atoms with Gasteiger partial charge in [0, 0.05) is 45.3 Å². The van der Waals surface area contributed by atoms with Crippen molar-refractivity contribution in [3.8, 4) is 0 Å². The van der Waals surface area contributed by atoms with Gasteiger partial charge in [0.05, 0.1) is 18.9 Å². The van der Waals surface area contributed by atoms with Crippen LogP contribution in [0.25, 0.3) is 0 Å². The van der Waals surface area contributed by atoms with Crippen LogP contribution in [0.15, 0.2) is 9.52 Å². The molecule has 0 spiro atoms. The summed E-state index contributed by atoms with van der Waals surface area (Å²) in [5, 5.41) is 10.6. The van der Waals surface area contributed by atoms with Crippen LogP contribution in [0.5, 0.6) is 0 Å². The molecule has 1 atom stereocenters. The summed E-state index contributed by atoms with van der Waals surface area (Å²) in [6.45, 7) is 9.63. The molecule has 0 aliphatic heterocycles. The fourth-order valence-corrected chi connectivity index (χ4v) is 2.39. The Morgan fingerprint density at radius 2 is 2.00 bits per heavy atom. The highest BCUT2D eigenvalue weighted by molar-refractivity contribution is 14.0. The number of aliphatic imine (C=N–C) groups is 1. The second-order valence-corrected chi connectivity index (χ2v) is 5.48. The third-order valence-corrected chi connectivity index (χ3v) is 3.57. The van der Waals surface area contributed by atoms with Crippen LogP contribution in [-0.2, 0) is 9.47 Å². The summed E-state index contributed by atoms with van der Waals surface area (Å²) in [4.78, 5) is 4.23. The standard InChI is InChI=1S/C16H30N4O3.HI/c1-12(15-13(2)20-23-14(15)3)11-19-16(17-4)18-7-6-8-22-10-9-21-5;/h12H,6-11H2,1-5H3,(H2,17,18,19);1H. The van der Waals surface area contributed by atoms with E-state index in [1.165, 1.54) is 5.56 Å². The first kappa shape index (κ1) is 23.1. The van der Waals surface area contributed by atoms with E-state index in [1.807, 2.05) is 13.8 Å². The van der Waals surface area contributed by atoms with Crippen molar-refractivity contribution < 1.29 is 14.0 Å². The molecule has 1 rings (SSSR count). The maximum Gasteiger partial charge on any atom is 0.190 e. The molecule has 0 aliphatic carbocycles. The molecule has 1 aromatic heterocycles. The van der Waals surface area contributed by atoms with Crippen molar-refractivity contribution in [1.82, 2.24) is 15.8 Å². The summed E-state index contributed by atoms with van der Waals surface area (Å²) < 4.78 is 15.6. The number of nitrogens with zero attached hydrogens (tertiary/aromatic N) is 2. The molecular formula is C16H31IN4O3. The zero-order chi connectivity index (χ0) is 17.1. The Kier molecular flexibility index (Phi) is 12.9. The Morgan fingerprint density at radius 1 is 1.25 bits per heavy atom. The highest BCUT2D eigenvalue weighted by Gasteiger charge is 2.16. The summed E-state index contributed by atoms with van der Waals surface area (Å²) in [6, 6.07) is 0. The number of methoxy groups -OCH3 is 1. The minimum atomic E-state index is 0. The predicted octanol–water partition coefficient (Wildman–Crippen LogP) is 2.23. The molecule has 140 valence electrons. The van der Waals surface area contributed by atoms with Gasteiger partial charge in [0.1, 0.15) is 5.76 Å². The number of aromatic nitrogens is 1. The molecule has 1 unspecified atom stereocenters. The van der Waals surface area contributed by atoms with Crippen molar-refractivity contribution >= 4 is 29.9 Å². The molecule has 0 aromatic carbocycles. The molecule has 0 fully saturated rings. The Bertz CT molecular complexity index is 460. The predicted molar refractivity (Wildman–Crippen MR) is 106 cm³/mol. The summed E-state index contributed by atoms with van der Waals surface area (Å²) in [7, 11) is 3.44. The smallest absolute Gasteiger partial charge is 0.190 e. The van der Waals surface area contributed by atoms with Crippen molar-refractivity contribution in [1.29, 1.82) is 0 Å². The van der Waals surface area contributed by atoms with Gasteiger partial charge in [-0.25, -0.2) is 0 Å². The first-order valence-corrected chi connectivity index (χ1v) is 8.04. The van der Waals surface area contributed by atoms with Gasteiger partial charge in [-0.3, -0.25) is 4.99 Å². The molecule has 0 bridgehead atoms. The van der Waals surface area contributed by atoms with Crippen molar-refractivity contribution in [3.05, 3.63) is 17.0 Å². The summed E-state index contributed by atoms with van der Waals surface area (Å²) in [5.74, 6) is 1.98. The number of hydrogen-bond acceptors (Lipinski definition) is 5. The van der Waals surface area contributed by atoms with Crippen LogP contribution in [0.4, 0.5) is 0 Å². The van der Waals surface area contributed by atoms with Crippen LogP contribution < -0.4 is 10.6 Å². The average molecular weight is 454 g/mol. The maximum absolute atomic E-state index is 5.42. The van der Waals surface area contributed by atoms with E-state index in [0.29, 0.717) is 25.7 Å². The van der Waals surface area contributed by atoms with Crippen LogP contribution in [-0.4, -0.2) is 58.2 Å². The maximum atomic E-state index is 5.42. The van der Waals surface area contributed by atoms with Crippen molar-refractivity contribution in [2.75, 3.05) is 47.1 Å². The van der Waals surface area contributed by atoms with Crippen LogP contribution in [0.3, 0.4) is 0 Å². The molecule has 2 N–H and O–H groups in total. The number of nitrogens with one attached hydrogen (secondary N) is 2. The zero-order valence-corrected chi connectivity index (χ0v) is 17.7. The van der Waals surface area contributed by atoms with Gasteiger partial charge in [0.2, 0.25) is 0 Å². The Balaban J connectivity index is 0.00000529. The van der Waals surface area contributed by atoms with Crippen molar-refractivity contribution in [2.45, 2.75) is 33.1 Å². The second kappa shape index (κ2) is 13.4. The molecule has 1 heterocycles. The van der Waals surface area contributed by atoms with Gasteiger partial charge in [0.25, 0.3) is 0 Å². The molecule has 8 heteroatoms. The lowest BCUT2D eigenvalue weighted by atomic mass is 10.00. The van der Waals surface area contributed by atoms with E-state index < -0.39 is 0 Å². The first-order valence-electron chi connectivity index (χ1n) is 8.04. The molecule has 24 heavy (non-hydrogen) atoms. The quantitative estimate of drug-likeness (QED) is 0.244. The second-order valence-electron chi connectivity index (χ2n) is 5.48. The van der Waals surface area contributed by atoms with Gasteiger partial charge >= 0.3 is 0 Å². The number of aryl methyl sites for hydroxylation is 2. The van der Waals surface area contributed by atoms with Crippen LogP contribution in [0.2, 0.25) is 0 Å². The van der Waals surface area contributed by atoms with E-state index in [4.69, 9.17) is 14.0 Å². The molecule has 1 aromatic rings. The van der Waals surface area contributed by atoms with Crippen molar-refractivity contribution in [3.63, 3.8) is 0 Å². The zero-order valence-electron chi connectivity index (χ0n) is 15.3. The van der Waals surface area contributed by atoms with Gasteiger partial charge in [-0.05, 0) is 20.3 Å². The SMILES string of the molecule is CN=C(NCCCOCCOC)NCC(C)c1c(C)noc1C.I. The highest BCUT2D eigenvalue weighted by atomic mass is 127. The van der Waals surface area contributed by atoms with Crippen molar-refractivity contribution in [2.24, 2.45) is 4.99 Å². The Labute approximate surface area is 162 Å².